The Labute approximate surface area is 152 Å². The molecular formula is C18H12N2O7. The summed E-state index contributed by atoms with van der Waals surface area (Å²) in [6.45, 7) is -0.148. The molecule has 136 valence electrons. The molecule has 0 unspecified atom stereocenters. The SMILES string of the molecule is O=C(OCc1ccc(-c2cccc([N+](=O)[O-])c2)o1)c1ccc([N+](=O)[O-])cc1. The van der Waals surface area contributed by atoms with Gasteiger partial charge < -0.3 is 9.15 Å². The monoisotopic (exact) mass is 368 g/mol. The number of non-ortho nitro benzene ring substituents is 2. The number of esters is 1. The zero-order chi connectivity index (χ0) is 19.4. The third-order valence-corrected chi connectivity index (χ3v) is 3.66. The first-order chi connectivity index (χ1) is 12.9. The van der Waals surface area contributed by atoms with Crippen molar-refractivity contribution in [3.05, 3.63) is 92.2 Å². The first-order valence-electron chi connectivity index (χ1n) is 7.69. The molecule has 0 N–H and O–H groups in total. The summed E-state index contributed by atoms with van der Waals surface area (Å²) in [6.07, 6.45) is 0. The van der Waals surface area contributed by atoms with Gasteiger partial charge in [0.2, 0.25) is 0 Å². The zero-order valence-corrected chi connectivity index (χ0v) is 13.7. The number of benzene rings is 2. The highest BCUT2D eigenvalue weighted by atomic mass is 16.6. The molecule has 0 radical (unpaired) electrons. The number of carbonyl (C=O) groups excluding carboxylic acids is 1. The number of nitro benzene ring substituents is 2. The van der Waals surface area contributed by atoms with Gasteiger partial charge in [-0.2, -0.15) is 0 Å². The van der Waals surface area contributed by atoms with Crippen LogP contribution in [0.25, 0.3) is 11.3 Å². The molecule has 0 saturated carbocycles. The second-order valence-corrected chi connectivity index (χ2v) is 5.45. The van der Waals surface area contributed by atoms with E-state index in [2.05, 4.69) is 0 Å². The van der Waals surface area contributed by atoms with E-state index >= 15 is 0 Å². The minimum absolute atomic E-state index is 0.0601. The fourth-order valence-electron chi connectivity index (χ4n) is 2.32. The van der Waals surface area contributed by atoms with Crippen LogP contribution in [0.5, 0.6) is 0 Å². The van der Waals surface area contributed by atoms with Crippen molar-refractivity contribution in [3.63, 3.8) is 0 Å². The maximum absolute atomic E-state index is 12.0. The fraction of sp³-hybridized carbons (Fsp3) is 0.0556. The van der Waals surface area contributed by atoms with E-state index in [9.17, 15) is 25.0 Å². The van der Waals surface area contributed by atoms with Gasteiger partial charge in [0.15, 0.2) is 0 Å². The van der Waals surface area contributed by atoms with Crippen molar-refractivity contribution < 1.29 is 23.8 Å². The van der Waals surface area contributed by atoms with Crippen LogP contribution in [0.1, 0.15) is 16.1 Å². The molecule has 0 amide bonds. The van der Waals surface area contributed by atoms with E-state index in [0.717, 1.165) is 0 Å². The van der Waals surface area contributed by atoms with Gasteiger partial charge in [0.1, 0.15) is 18.1 Å². The van der Waals surface area contributed by atoms with Crippen molar-refractivity contribution in [3.8, 4) is 11.3 Å². The van der Waals surface area contributed by atoms with Crippen LogP contribution in [0.3, 0.4) is 0 Å². The average molecular weight is 368 g/mol. The van der Waals surface area contributed by atoms with Crippen molar-refractivity contribution in [1.82, 2.24) is 0 Å². The highest BCUT2D eigenvalue weighted by molar-refractivity contribution is 5.89. The predicted molar refractivity (Wildman–Crippen MR) is 93.0 cm³/mol. The van der Waals surface area contributed by atoms with Gasteiger partial charge in [0, 0.05) is 29.8 Å². The Hall–Kier alpha value is -4.01. The number of ether oxygens (including phenoxy) is 1. The smallest absolute Gasteiger partial charge is 0.338 e. The molecule has 0 bridgehead atoms. The number of carbonyl (C=O) groups is 1. The molecule has 3 rings (SSSR count). The Morgan fingerprint density at radius 1 is 0.926 bits per heavy atom. The van der Waals surface area contributed by atoms with Gasteiger partial charge in [-0.15, -0.1) is 0 Å². The lowest BCUT2D eigenvalue weighted by atomic mass is 10.1. The Balaban J connectivity index is 1.65. The number of rotatable bonds is 6. The molecule has 0 aliphatic heterocycles. The first-order valence-corrected chi connectivity index (χ1v) is 7.69. The van der Waals surface area contributed by atoms with Crippen LogP contribution in [0.15, 0.2) is 65.1 Å². The van der Waals surface area contributed by atoms with Crippen LogP contribution in [0.4, 0.5) is 11.4 Å². The zero-order valence-electron chi connectivity index (χ0n) is 13.7. The quantitative estimate of drug-likeness (QED) is 0.364. The molecule has 0 aliphatic rings. The first kappa shape index (κ1) is 17.8. The molecule has 9 nitrogen and oxygen atoms in total. The van der Waals surface area contributed by atoms with E-state index in [0.29, 0.717) is 17.1 Å². The van der Waals surface area contributed by atoms with E-state index in [4.69, 9.17) is 9.15 Å². The third kappa shape index (κ3) is 4.15. The topological polar surface area (TPSA) is 126 Å². The molecule has 27 heavy (non-hydrogen) atoms. The van der Waals surface area contributed by atoms with Crippen molar-refractivity contribution in [2.24, 2.45) is 0 Å². The average Bonchev–Trinajstić information content (AvgIpc) is 3.15. The van der Waals surface area contributed by atoms with Crippen LogP contribution in [0.2, 0.25) is 0 Å². The van der Waals surface area contributed by atoms with E-state index in [-0.39, 0.29) is 23.5 Å². The van der Waals surface area contributed by atoms with E-state index in [1.54, 1.807) is 24.3 Å². The van der Waals surface area contributed by atoms with Gasteiger partial charge in [-0.1, -0.05) is 12.1 Å². The Kier molecular flexibility index (Phi) is 4.93. The fourth-order valence-corrected chi connectivity index (χ4v) is 2.32. The second-order valence-electron chi connectivity index (χ2n) is 5.45. The molecule has 1 aromatic heterocycles. The number of hydrogen-bond donors (Lipinski definition) is 0. The van der Waals surface area contributed by atoms with E-state index in [1.165, 1.54) is 36.4 Å². The minimum atomic E-state index is -0.654. The molecule has 2 aromatic carbocycles. The third-order valence-electron chi connectivity index (χ3n) is 3.66. The lowest BCUT2D eigenvalue weighted by Crippen LogP contribution is -2.04. The molecule has 0 spiro atoms. The highest BCUT2D eigenvalue weighted by Gasteiger charge is 2.13. The summed E-state index contributed by atoms with van der Waals surface area (Å²) in [5.74, 6) is 0.102. The summed E-state index contributed by atoms with van der Waals surface area (Å²) in [5, 5.41) is 21.5. The summed E-state index contributed by atoms with van der Waals surface area (Å²) in [6, 6.07) is 14.2. The van der Waals surface area contributed by atoms with Gasteiger partial charge in [0.05, 0.1) is 15.4 Å². The van der Waals surface area contributed by atoms with Crippen molar-refractivity contribution >= 4 is 17.3 Å². The number of hydrogen-bond acceptors (Lipinski definition) is 7. The standard InChI is InChI=1S/C18H12N2O7/c21-18(12-4-6-14(7-5-12)19(22)23)26-11-16-8-9-17(27-16)13-2-1-3-15(10-13)20(24)25/h1-10H,11H2. The highest BCUT2D eigenvalue weighted by Crippen LogP contribution is 2.26. The maximum atomic E-state index is 12.0. The largest absolute Gasteiger partial charge is 0.457 e. The maximum Gasteiger partial charge on any atom is 0.338 e. The summed E-state index contributed by atoms with van der Waals surface area (Å²) in [5.41, 5.74) is 0.512. The number of nitrogens with zero attached hydrogens (tertiary/aromatic N) is 2. The molecule has 0 aliphatic carbocycles. The molecule has 0 atom stereocenters. The van der Waals surface area contributed by atoms with Crippen molar-refractivity contribution in [2.75, 3.05) is 0 Å². The van der Waals surface area contributed by atoms with E-state index in [1.807, 2.05) is 0 Å². The Bertz CT molecular complexity index is 1010. The van der Waals surface area contributed by atoms with Gasteiger partial charge in [-0.25, -0.2) is 4.79 Å². The van der Waals surface area contributed by atoms with Crippen LogP contribution in [-0.4, -0.2) is 15.8 Å². The van der Waals surface area contributed by atoms with Crippen LogP contribution < -0.4 is 0 Å². The normalized spacial score (nSPS) is 10.4. The summed E-state index contributed by atoms with van der Waals surface area (Å²) in [4.78, 5) is 32.4. The lowest BCUT2D eigenvalue weighted by Gasteiger charge is -2.03. The van der Waals surface area contributed by atoms with Gasteiger partial charge in [-0.3, -0.25) is 20.2 Å². The second kappa shape index (κ2) is 7.48. The Morgan fingerprint density at radius 3 is 2.30 bits per heavy atom. The van der Waals surface area contributed by atoms with Crippen molar-refractivity contribution in [1.29, 1.82) is 0 Å². The van der Waals surface area contributed by atoms with Crippen LogP contribution in [0, 0.1) is 20.2 Å². The summed E-state index contributed by atoms with van der Waals surface area (Å²) in [7, 11) is 0. The van der Waals surface area contributed by atoms with Gasteiger partial charge in [0.25, 0.3) is 11.4 Å². The summed E-state index contributed by atoms with van der Waals surface area (Å²) < 4.78 is 10.7. The predicted octanol–water partition coefficient (Wildman–Crippen LogP) is 4.12. The minimum Gasteiger partial charge on any atom is -0.457 e. The molecule has 3 aromatic rings. The molecule has 0 fully saturated rings. The number of nitro groups is 2. The Morgan fingerprint density at radius 2 is 1.63 bits per heavy atom. The van der Waals surface area contributed by atoms with Crippen LogP contribution in [-0.2, 0) is 11.3 Å². The molecule has 9 heteroatoms. The number of furan rings is 1. The molecular weight excluding hydrogens is 356 g/mol. The van der Waals surface area contributed by atoms with E-state index < -0.39 is 15.8 Å². The van der Waals surface area contributed by atoms with Gasteiger partial charge in [-0.05, 0) is 24.3 Å². The van der Waals surface area contributed by atoms with Gasteiger partial charge >= 0.3 is 5.97 Å². The molecule has 0 saturated heterocycles. The lowest BCUT2D eigenvalue weighted by molar-refractivity contribution is -0.385. The van der Waals surface area contributed by atoms with Crippen molar-refractivity contribution in [2.45, 2.75) is 6.61 Å². The van der Waals surface area contributed by atoms with Crippen LogP contribution >= 0.6 is 0 Å². The molecule has 1 heterocycles. The summed E-state index contributed by atoms with van der Waals surface area (Å²) >= 11 is 0.